The summed E-state index contributed by atoms with van der Waals surface area (Å²) in [4.78, 5) is 20.5. The second-order valence-electron chi connectivity index (χ2n) is 7.05. The van der Waals surface area contributed by atoms with E-state index in [4.69, 9.17) is 16.6 Å². The molecule has 1 saturated heterocycles. The summed E-state index contributed by atoms with van der Waals surface area (Å²) in [5.74, 6) is 1.07. The summed E-state index contributed by atoms with van der Waals surface area (Å²) >= 11 is 5.99. The van der Waals surface area contributed by atoms with Gasteiger partial charge in [-0.3, -0.25) is 9.79 Å². The molecule has 1 aromatic rings. The minimum Gasteiger partial charge on any atom is -0.357 e. The molecule has 1 amide bonds. The number of hydrogen-bond donors (Lipinski definition) is 1. The van der Waals surface area contributed by atoms with Crippen molar-refractivity contribution in [1.29, 1.82) is 0 Å². The molecule has 0 aliphatic carbocycles. The number of nitrogens with one attached hydrogen (secondary N) is 1. The molecule has 0 bridgehead atoms. The number of guanidine groups is 1. The zero-order valence-electron chi connectivity index (χ0n) is 16.1. The number of piperazine rings is 1. The van der Waals surface area contributed by atoms with Crippen molar-refractivity contribution in [3.8, 4) is 0 Å². The molecule has 1 N–H and O–H groups in total. The highest BCUT2D eigenvalue weighted by Crippen LogP contribution is 2.25. The monoisotopic (exact) mass is 492 g/mol. The van der Waals surface area contributed by atoms with E-state index in [-0.39, 0.29) is 35.3 Å². The first kappa shape index (κ1) is 23.0. The van der Waals surface area contributed by atoms with Crippen LogP contribution in [-0.4, -0.2) is 60.9 Å². The van der Waals surface area contributed by atoms with Gasteiger partial charge >= 0.3 is 0 Å². The van der Waals surface area contributed by atoms with Crippen LogP contribution in [-0.2, 0) is 10.2 Å². The van der Waals surface area contributed by atoms with E-state index in [0.717, 1.165) is 43.7 Å². The molecule has 0 radical (unpaired) electrons. The average molecular weight is 493 g/mol. The van der Waals surface area contributed by atoms with E-state index in [2.05, 4.69) is 43.1 Å². The van der Waals surface area contributed by atoms with Gasteiger partial charge in [0.1, 0.15) is 0 Å². The number of nitrogens with zero attached hydrogens (tertiary/aromatic N) is 3. The highest BCUT2D eigenvalue weighted by atomic mass is 127. The van der Waals surface area contributed by atoms with Gasteiger partial charge in [0.15, 0.2) is 5.96 Å². The maximum atomic E-state index is 11.5. The zero-order valence-corrected chi connectivity index (χ0v) is 19.2. The normalized spacial score (nSPS) is 15.5. The fourth-order valence-electron chi connectivity index (χ4n) is 2.92. The summed E-state index contributed by atoms with van der Waals surface area (Å²) in [6.07, 6.45) is 0. The van der Waals surface area contributed by atoms with E-state index in [1.54, 1.807) is 6.92 Å². The molecular formula is C19H30ClIN4O. The van der Waals surface area contributed by atoms with Gasteiger partial charge in [-0.05, 0) is 24.6 Å². The van der Waals surface area contributed by atoms with E-state index in [9.17, 15) is 4.79 Å². The van der Waals surface area contributed by atoms with Gasteiger partial charge in [0.05, 0.1) is 6.54 Å². The Morgan fingerprint density at radius 3 is 2.19 bits per heavy atom. The molecule has 146 valence electrons. The average Bonchev–Trinajstić information content (AvgIpc) is 2.59. The molecule has 2 rings (SSSR count). The van der Waals surface area contributed by atoms with Crippen molar-refractivity contribution in [1.82, 2.24) is 15.1 Å². The van der Waals surface area contributed by atoms with E-state index in [0.29, 0.717) is 6.54 Å². The summed E-state index contributed by atoms with van der Waals surface area (Å²) < 4.78 is 0. The molecule has 1 heterocycles. The second-order valence-corrected chi connectivity index (χ2v) is 7.49. The van der Waals surface area contributed by atoms with Gasteiger partial charge in [0.2, 0.25) is 5.91 Å². The maximum absolute atomic E-state index is 11.5. The first-order valence-corrected chi connectivity index (χ1v) is 9.26. The van der Waals surface area contributed by atoms with Crippen molar-refractivity contribution >= 4 is 47.4 Å². The zero-order chi connectivity index (χ0) is 18.4. The molecule has 5 nitrogen and oxygen atoms in total. The van der Waals surface area contributed by atoms with E-state index in [1.807, 2.05) is 17.0 Å². The fourth-order valence-corrected chi connectivity index (χ4v) is 3.05. The molecule has 26 heavy (non-hydrogen) atoms. The topological polar surface area (TPSA) is 47.9 Å². The Kier molecular flexibility index (Phi) is 9.16. The van der Waals surface area contributed by atoms with Crippen molar-refractivity contribution in [3.63, 3.8) is 0 Å². The van der Waals surface area contributed by atoms with Crippen LogP contribution in [0.4, 0.5) is 0 Å². The summed E-state index contributed by atoms with van der Waals surface area (Å²) in [7, 11) is 0. The Hall–Kier alpha value is -1.02. The molecule has 1 aromatic carbocycles. The number of aliphatic imine (C=N–C) groups is 1. The van der Waals surface area contributed by atoms with E-state index in [1.165, 1.54) is 5.56 Å². The number of hydrogen-bond acceptors (Lipinski definition) is 2. The maximum Gasteiger partial charge on any atom is 0.219 e. The number of benzene rings is 1. The lowest BCUT2D eigenvalue weighted by molar-refractivity contribution is -0.130. The van der Waals surface area contributed by atoms with Crippen molar-refractivity contribution in [3.05, 3.63) is 34.9 Å². The van der Waals surface area contributed by atoms with Gasteiger partial charge in [-0.15, -0.1) is 24.0 Å². The van der Waals surface area contributed by atoms with Crippen LogP contribution in [0.3, 0.4) is 0 Å². The quantitative estimate of drug-likeness (QED) is 0.398. The van der Waals surface area contributed by atoms with Crippen LogP contribution < -0.4 is 5.32 Å². The number of carbonyl (C=O) groups excluding carboxylic acids is 1. The summed E-state index contributed by atoms with van der Waals surface area (Å²) in [5, 5.41) is 4.13. The fraction of sp³-hybridized carbons (Fsp3) is 0.579. The molecule has 1 fully saturated rings. The van der Waals surface area contributed by atoms with Gasteiger partial charge in [0, 0.05) is 50.1 Å². The first-order valence-electron chi connectivity index (χ1n) is 8.88. The van der Waals surface area contributed by atoms with Gasteiger partial charge in [-0.25, -0.2) is 0 Å². The van der Waals surface area contributed by atoms with Crippen LogP contribution in [0.5, 0.6) is 0 Å². The third-order valence-corrected chi connectivity index (χ3v) is 4.86. The minimum atomic E-state index is -0.0769. The SMILES string of the molecule is CCNC(=NCC(C)(C)c1ccc(Cl)cc1)N1CCN(C(C)=O)CC1.I. The largest absolute Gasteiger partial charge is 0.357 e. The van der Waals surface area contributed by atoms with Crippen LogP contribution in [0.15, 0.2) is 29.3 Å². The molecule has 1 aliphatic rings. The predicted octanol–water partition coefficient (Wildman–Crippen LogP) is 3.37. The molecular weight excluding hydrogens is 463 g/mol. The second kappa shape index (κ2) is 10.3. The number of halogens is 2. The molecule has 0 unspecified atom stereocenters. The smallest absolute Gasteiger partial charge is 0.219 e. The summed E-state index contributed by atoms with van der Waals surface area (Å²) in [5.41, 5.74) is 1.14. The molecule has 0 spiro atoms. The lowest BCUT2D eigenvalue weighted by Gasteiger charge is -2.36. The van der Waals surface area contributed by atoms with Gasteiger partial charge < -0.3 is 15.1 Å². The van der Waals surface area contributed by atoms with Crippen LogP contribution in [0.25, 0.3) is 0 Å². The van der Waals surface area contributed by atoms with Crippen molar-refractivity contribution in [2.24, 2.45) is 4.99 Å². The lowest BCUT2D eigenvalue weighted by atomic mass is 9.85. The minimum absolute atomic E-state index is 0. The highest BCUT2D eigenvalue weighted by molar-refractivity contribution is 14.0. The van der Waals surface area contributed by atoms with Gasteiger partial charge in [-0.2, -0.15) is 0 Å². The van der Waals surface area contributed by atoms with E-state index < -0.39 is 0 Å². The molecule has 0 atom stereocenters. The number of amides is 1. The third kappa shape index (κ3) is 6.30. The Morgan fingerprint density at radius 1 is 1.15 bits per heavy atom. The van der Waals surface area contributed by atoms with Crippen LogP contribution in [0, 0.1) is 0 Å². The van der Waals surface area contributed by atoms with Crippen molar-refractivity contribution < 1.29 is 4.79 Å². The molecule has 7 heteroatoms. The summed E-state index contributed by atoms with van der Waals surface area (Å²) in [6, 6.07) is 7.98. The van der Waals surface area contributed by atoms with Gasteiger partial charge in [-0.1, -0.05) is 37.6 Å². The van der Waals surface area contributed by atoms with Crippen molar-refractivity contribution in [2.45, 2.75) is 33.1 Å². The Labute approximate surface area is 179 Å². The molecule has 1 aliphatic heterocycles. The van der Waals surface area contributed by atoms with Crippen LogP contribution >= 0.6 is 35.6 Å². The Balaban J connectivity index is 0.00000338. The number of rotatable bonds is 4. The Morgan fingerprint density at radius 2 is 1.69 bits per heavy atom. The van der Waals surface area contributed by atoms with Crippen LogP contribution in [0.2, 0.25) is 5.02 Å². The van der Waals surface area contributed by atoms with E-state index >= 15 is 0 Å². The van der Waals surface area contributed by atoms with Crippen LogP contribution in [0.1, 0.15) is 33.3 Å². The standard InChI is InChI=1S/C19H29ClN4O.HI/c1-5-21-18(24-12-10-23(11-13-24)15(2)25)22-14-19(3,4)16-6-8-17(20)9-7-16;/h6-9H,5,10-14H2,1-4H3,(H,21,22);1H. The first-order chi connectivity index (χ1) is 11.8. The number of carbonyl (C=O) groups is 1. The molecule has 0 saturated carbocycles. The van der Waals surface area contributed by atoms with Gasteiger partial charge in [0.25, 0.3) is 0 Å². The summed E-state index contributed by atoms with van der Waals surface area (Å²) in [6.45, 7) is 12.7. The predicted molar refractivity (Wildman–Crippen MR) is 120 cm³/mol. The van der Waals surface area contributed by atoms with Crippen molar-refractivity contribution in [2.75, 3.05) is 39.3 Å². The Bertz CT molecular complexity index is 610. The lowest BCUT2D eigenvalue weighted by Crippen LogP contribution is -2.53. The third-order valence-electron chi connectivity index (χ3n) is 4.61. The molecule has 0 aromatic heterocycles. The highest BCUT2D eigenvalue weighted by Gasteiger charge is 2.23.